The number of thioether (sulfide) groups is 1. The van der Waals surface area contributed by atoms with Gasteiger partial charge in [-0.25, -0.2) is 0 Å². The monoisotopic (exact) mass is 344 g/mol. The fourth-order valence-electron chi connectivity index (χ4n) is 1.75. The molecule has 0 unspecified atom stereocenters. The van der Waals surface area contributed by atoms with Crippen molar-refractivity contribution in [1.29, 1.82) is 0 Å². The number of nitrogens with zero attached hydrogens (tertiary/aromatic N) is 3. The molecule has 0 saturated carbocycles. The Bertz CT molecular complexity index is 669. The van der Waals surface area contributed by atoms with Gasteiger partial charge in [-0.15, -0.1) is 10.2 Å². The number of rotatable bonds is 5. The molecule has 1 heterocycles. The van der Waals surface area contributed by atoms with E-state index in [1.807, 2.05) is 6.92 Å². The number of carbonyl (C=O) groups excluding carboxylic acids is 1. The van der Waals surface area contributed by atoms with E-state index in [2.05, 4.69) is 15.5 Å². The fraction of sp³-hybridized carbons (Fsp3) is 0.357. The van der Waals surface area contributed by atoms with Gasteiger partial charge in [-0.3, -0.25) is 4.79 Å². The average Bonchev–Trinajstić information content (AvgIpc) is 2.94. The van der Waals surface area contributed by atoms with Crippen LogP contribution in [0.2, 0.25) is 0 Å². The number of benzene rings is 1. The number of aryl methyl sites for hydroxylation is 1. The van der Waals surface area contributed by atoms with E-state index in [1.165, 1.54) is 23.9 Å². The predicted molar refractivity (Wildman–Crippen MR) is 81.1 cm³/mol. The number of hydrogen-bond donors (Lipinski definition) is 1. The summed E-state index contributed by atoms with van der Waals surface area (Å²) in [4.78, 5) is 12.1. The van der Waals surface area contributed by atoms with Crippen LogP contribution >= 0.6 is 11.8 Å². The smallest absolute Gasteiger partial charge is 0.325 e. The minimum atomic E-state index is -4.39. The van der Waals surface area contributed by atoms with Gasteiger partial charge in [0.05, 0.1) is 10.8 Å². The minimum Gasteiger partial charge on any atom is -0.325 e. The summed E-state index contributed by atoms with van der Waals surface area (Å²) in [6.45, 7) is 4.31. The zero-order valence-electron chi connectivity index (χ0n) is 12.5. The number of carbonyl (C=O) groups is 1. The van der Waals surface area contributed by atoms with E-state index in [4.69, 9.17) is 0 Å². The predicted octanol–water partition coefficient (Wildman–Crippen LogP) is 3.44. The molecular weight excluding hydrogens is 329 g/mol. The molecule has 1 amide bonds. The first-order valence-electron chi connectivity index (χ1n) is 6.84. The molecule has 23 heavy (non-hydrogen) atoms. The lowest BCUT2D eigenvalue weighted by atomic mass is 10.2. The highest BCUT2D eigenvalue weighted by molar-refractivity contribution is 8.00. The van der Waals surface area contributed by atoms with Crippen LogP contribution in [-0.2, 0) is 17.5 Å². The summed E-state index contributed by atoms with van der Waals surface area (Å²) in [5.74, 6) is -0.319. The molecule has 0 spiro atoms. The van der Waals surface area contributed by atoms with Crippen molar-refractivity contribution in [1.82, 2.24) is 14.8 Å². The number of nitrogens with one attached hydrogen (secondary N) is 1. The molecule has 1 aromatic heterocycles. The maximum absolute atomic E-state index is 12.5. The Morgan fingerprint density at radius 1 is 1.35 bits per heavy atom. The van der Waals surface area contributed by atoms with Crippen LogP contribution in [0.5, 0.6) is 0 Å². The van der Waals surface area contributed by atoms with Crippen molar-refractivity contribution >= 4 is 23.4 Å². The second kappa shape index (κ2) is 7.03. The van der Waals surface area contributed by atoms with Crippen LogP contribution in [-0.4, -0.2) is 25.9 Å². The number of alkyl halides is 3. The average molecular weight is 344 g/mol. The Morgan fingerprint density at radius 2 is 2.00 bits per heavy atom. The molecule has 1 N–H and O–H groups in total. The van der Waals surface area contributed by atoms with E-state index in [1.54, 1.807) is 17.8 Å². The van der Waals surface area contributed by atoms with Gasteiger partial charge in [-0.05, 0) is 38.1 Å². The lowest BCUT2D eigenvalue weighted by Gasteiger charge is -2.12. The van der Waals surface area contributed by atoms with Gasteiger partial charge in [0, 0.05) is 12.2 Å². The quantitative estimate of drug-likeness (QED) is 0.844. The highest BCUT2D eigenvalue weighted by Crippen LogP contribution is 2.30. The van der Waals surface area contributed by atoms with E-state index in [0.717, 1.165) is 12.1 Å². The molecule has 0 aliphatic carbocycles. The summed E-state index contributed by atoms with van der Waals surface area (Å²) in [7, 11) is 0. The number of anilines is 1. The molecule has 0 fully saturated rings. The Hall–Kier alpha value is -2.03. The summed E-state index contributed by atoms with van der Waals surface area (Å²) in [6, 6.07) is 4.32. The highest BCUT2D eigenvalue weighted by Gasteiger charge is 2.30. The van der Waals surface area contributed by atoms with Crippen LogP contribution in [0.1, 0.15) is 19.4 Å². The fourth-order valence-corrected chi connectivity index (χ4v) is 2.64. The highest BCUT2D eigenvalue weighted by atomic mass is 32.2. The third-order valence-electron chi connectivity index (χ3n) is 3.05. The van der Waals surface area contributed by atoms with Crippen molar-refractivity contribution in [3.8, 4) is 0 Å². The summed E-state index contributed by atoms with van der Waals surface area (Å²) >= 11 is 1.23. The maximum atomic E-state index is 12.5. The van der Waals surface area contributed by atoms with Gasteiger partial charge in [0.1, 0.15) is 6.33 Å². The summed E-state index contributed by atoms with van der Waals surface area (Å²) < 4.78 is 39.3. The van der Waals surface area contributed by atoms with Crippen LogP contribution in [0.15, 0.2) is 35.7 Å². The molecule has 0 bridgehead atoms. The summed E-state index contributed by atoms with van der Waals surface area (Å²) in [5, 5.41) is 10.4. The van der Waals surface area contributed by atoms with Gasteiger partial charge in [-0.2, -0.15) is 13.2 Å². The van der Waals surface area contributed by atoms with Crippen LogP contribution in [0, 0.1) is 0 Å². The molecule has 1 atom stereocenters. The topological polar surface area (TPSA) is 59.8 Å². The standard InChI is InChI=1S/C14H15F3N4OS/c1-3-21-8-18-20-13(21)23-9(2)12(22)19-11-6-4-10(5-7-11)14(15,16)17/h4-9H,3H2,1-2H3,(H,19,22)/t9-/m0/s1. The van der Waals surface area contributed by atoms with Crippen LogP contribution in [0.3, 0.4) is 0 Å². The number of hydrogen-bond acceptors (Lipinski definition) is 4. The Kier molecular flexibility index (Phi) is 5.30. The zero-order valence-corrected chi connectivity index (χ0v) is 13.3. The molecule has 5 nitrogen and oxygen atoms in total. The van der Waals surface area contributed by atoms with E-state index < -0.39 is 17.0 Å². The second-order valence-electron chi connectivity index (χ2n) is 4.72. The molecule has 0 aliphatic rings. The maximum Gasteiger partial charge on any atom is 0.416 e. The third-order valence-corrected chi connectivity index (χ3v) is 4.15. The van der Waals surface area contributed by atoms with Crippen molar-refractivity contribution in [2.45, 2.75) is 37.0 Å². The first-order valence-corrected chi connectivity index (χ1v) is 7.71. The normalized spacial score (nSPS) is 12.9. The van der Waals surface area contributed by atoms with Gasteiger partial charge in [0.25, 0.3) is 0 Å². The molecule has 124 valence electrons. The van der Waals surface area contributed by atoms with Crippen molar-refractivity contribution in [3.05, 3.63) is 36.2 Å². The number of amides is 1. The summed E-state index contributed by atoms with van der Waals surface area (Å²) in [6.07, 6.45) is -2.82. The lowest BCUT2D eigenvalue weighted by Crippen LogP contribution is -2.23. The molecule has 2 aromatic rings. The Labute approximate surface area is 135 Å². The van der Waals surface area contributed by atoms with E-state index in [9.17, 15) is 18.0 Å². The molecule has 1 aromatic carbocycles. The van der Waals surface area contributed by atoms with Gasteiger partial charge in [0.15, 0.2) is 5.16 Å². The zero-order chi connectivity index (χ0) is 17.0. The molecule has 2 rings (SSSR count). The minimum absolute atomic E-state index is 0.312. The van der Waals surface area contributed by atoms with Gasteiger partial charge in [-0.1, -0.05) is 11.8 Å². The molecule has 0 saturated heterocycles. The van der Waals surface area contributed by atoms with Crippen LogP contribution in [0.4, 0.5) is 18.9 Å². The van der Waals surface area contributed by atoms with Crippen LogP contribution in [0.25, 0.3) is 0 Å². The third kappa shape index (κ3) is 4.47. The first kappa shape index (κ1) is 17.3. The molecular formula is C14H15F3N4OS. The van der Waals surface area contributed by atoms with Crippen molar-refractivity contribution < 1.29 is 18.0 Å². The molecule has 0 aliphatic heterocycles. The van der Waals surface area contributed by atoms with Crippen molar-refractivity contribution in [2.24, 2.45) is 0 Å². The van der Waals surface area contributed by atoms with E-state index >= 15 is 0 Å². The summed E-state index contributed by atoms with van der Waals surface area (Å²) in [5.41, 5.74) is -0.443. The van der Waals surface area contributed by atoms with Gasteiger partial charge >= 0.3 is 6.18 Å². The largest absolute Gasteiger partial charge is 0.416 e. The molecule has 0 radical (unpaired) electrons. The molecule has 9 heteroatoms. The van der Waals surface area contributed by atoms with Crippen LogP contribution < -0.4 is 5.32 Å². The number of halogens is 3. The van der Waals surface area contributed by atoms with E-state index in [0.29, 0.717) is 17.4 Å². The van der Waals surface area contributed by atoms with E-state index in [-0.39, 0.29) is 5.91 Å². The Morgan fingerprint density at radius 3 is 2.57 bits per heavy atom. The SMILES string of the molecule is CCn1cnnc1S[C@@H](C)C(=O)Nc1ccc(C(F)(F)F)cc1. The van der Waals surface area contributed by atoms with Gasteiger partial charge < -0.3 is 9.88 Å². The lowest BCUT2D eigenvalue weighted by molar-refractivity contribution is -0.137. The Balaban J connectivity index is 1.98. The number of aromatic nitrogens is 3. The van der Waals surface area contributed by atoms with Crippen molar-refractivity contribution in [2.75, 3.05) is 5.32 Å². The second-order valence-corrected chi connectivity index (χ2v) is 6.03. The van der Waals surface area contributed by atoms with Crippen molar-refractivity contribution in [3.63, 3.8) is 0 Å². The van der Waals surface area contributed by atoms with Gasteiger partial charge in [0.2, 0.25) is 5.91 Å². The first-order chi connectivity index (χ1) is 10.8.